The van der Waals surface area contributed by atoms with E-state index in [1.165, 1.54) is 11.0 Å². The minimum absolute atomic E-state index is 0.00954. The van der Waals surface area contributed by atoms with Crippen LogP contribution in [0, 0.1) is 42.4 Å². The van der Waals surface area contributed by atoms with Crippen molar-refractivity contribution in [1.29, 1.82) is 0 Å². The number of aromatic hydroxyl groups is 1. The van der Waals surface area contributed by atoms with Gasteiger partial charge in [-0.15, -0.1) is 0 Å². The van der Waals surface area contributed by atoms with E-state index in [2.05, 4.69) is 11.8 Å². The summed E-state index contributed by atoms with van der Waals surface area (Å²) < 4.78 is 0. The predicted octanol–water partition coefficient (Wildman–Crippen LogP) is 0.575. The van der Waals surface area contributed by atoms with Gasteiger partial charge in [-0.3, -0.25) is 28.9 Å². The highest BCUT2D eigenvalue weighted by atomic mass is 16.3. The van der Waals surface area contributed by atoms with Crippen molar-refractivity contribution in [2.45, 2.75) is 31.4 Å². The molecule has 0 bridgehead atoms. The molecule has 3 aliphatic carbocycles. The Balaban J connectivity index is 1.61. The summed E-state index contributed by atoms with van der Waals surface area (Å²) in [6, 6.07) is 9.39. The summed E-state index contributed by atoms with van der Waals surface area (Å²) in [6.45, 7) is 1.96. The lowest BCUT2D eigenvalue weighted by Gasteiger charge is -2.52. The maximum absolute atomic E-state index is 13.8. The van der Waals surface area contributed by atoms with E-state index in [1.54, 1.807) is 20.2 Å². The van der Waals surface area contributed by atoms with Crippen molar-refractivity contribution in [1.82, 2.24) is 4.90 Å². The van der Waals surface area contributed by atoms with Crippen molar-refractivity contribution in [3.63, 3.8) is 0 Å². The van der Waals surface area contributed by atoms with Crippen molar-refractivity contribution in [3.05, 3.63) is 64.2 Å². The molecule has 0 heterocycles. The van der Waals surface area contributed by atoms with Gasteiger partial charge in [-0.05, 0) is 69.6 Å². The topological polar surface area (TPSA) is 155 Å². The summed E-state index contributed by atoms with van der Waals surface area (Å²) in [5.41, 5.74) is 5.36. The van der Waals surface area contributed by atoms with Gasteiger partial charge < -0.3 is 15.9 Å². The van der Waals surface area contributed by atoms with Gasteiger partial charge in [-0.1, -0.05) is 29.5 Å². The van der Waals surface area contributed by atoms with E-state index in [9.17, 15) is 34.2 Å². The number of Topliss-reactive ketones (excluding diaryl/α,β-unsaturated/α-hetero) is 4. The minimum atomic E-state index is -2.74. The first-order chi connectivity index (χ1) is 18.4. The van der Waals surface area contributed by atoms with Gasteiger partial charge in [0.15, 0.2) is 34.7 Å². The van der Waals surface area contributed by atoms with E-state index in [4.69, 9.17) is 5.73 Å². The van der Waals surface area contributed by atoms with Crippen LogP contribution in [0.2, 0.25) is 0 Å². The number of likely N-dealkylation sites (N-methyl/N-ethyl adjacent to an activating group) is 1. The minimum Gasteiger partial charge on any atom is -0.507 e. The Morgan fingerprint density at radius 3 is 2.31 bits per heavy atom. The molecule has 0 aliphatic heterocycles. The van der Waals surface area contributed by atoms with Crippen LogP contribution in [0.1, 0.15) is 39.0 Å². The van der Waals surface area contributed by atoms with Gasteiger partial charge in [0.2, 0.25) is 5.91 Å². The summed E-state index contributed by atoms with van der Waals surface area (Å²) in [5.74, 6) is -4.56. The molecule has 2 aromatic rings. The van der Waals surface area contributed by atoms with Gasteiger partial charge in [-0.25, -0.2) is 0 Å². The first-order valence-corrected chi connectivity index (χ1v) is 12.7. The van der Waals surface area contributed by atoms with Gasteiger partial charge in [0.1, 0.15) is 5.75 Å². The van der Waals surface area contributed by atoms with E-state index in [0.717, 1.165) is 11.1 Å². The fraction of sp³-hybridized carbons (Fsp3) is 0.367. The Labute approximate surface area is 225 Å². The van der Waals surface area contributed by atoms with Crippen LogP contribution in [0.15, 0.2) is 36.4 Å². The molecular formula is C30H28N2O7. The number of rotatable bonds is 2. The molecule has 0 aromatic heterocycles. The molecule has 6 atom stereocenters. The first-order valence-electron chi connectivity index (χ1n) is 12.7. The highest BCUT2D eigenvalue weighted by molar-refractivity contribution is 6.32. The fourth-order valence-corrected chi connectivity index (χ4v) is 6.50. The highest BCUT2D eigenvalue weighted by Gasteiger charge is 2.69. The quantitative estimate of drug-likeness (QED) is 0.378. The van der Waals surface area contributed by atoms with E-state index >= 15 is 0 Å². The van der Waals surface area contributed by atoms with Gasteiger partial charge in [0.05, 0.1) is 17.5 Å². The Hall–Kier alpha value is -4.13. The fourth-order valence-electron chi connectivity index (χ4n) is 6.50. The number of fused-ring (bicyclic) bond motifs is 3. The maximum Gasteiger partial charge on any atom is 0.235 e. The van der Waals surface area contributed by atoms with Crippen LogP contribution in [-0.4, -0.2) is 69.9 Å². The van der Waals surface area contributed by atoms with Crippen LogP contribution in [0.3, 0.4) is 0 Å². The molecule has 2 fully saturated rings. The van der Waals surface area contributed by atoms with Gasteiger partial charge in [0.25, 0.3) is 0 Å². The number of hydrogen-bond donors (Lipinski definition) is 3. The number of aliphatic hydroxyl groups is 1. The summed E-state index contributed by atoms with van der Waals surface area (Å²) in [5, 5.41) is 22.3. The largest absolute Gasteiger partial charge is 0.507 e. The number of phenols is 1. The molecule has 3 aliphatic rings. The zero-order valence-corrected chi connectivity index (χ0v) is 21.7. The number of phenolic OH excluding ortho intramolecular Hbond substituents is 1. The second-order valence-corrected chi connectivity index (χ2v) is 10.9. The maximum atomic E-state index is 13.8. The lowest BCUT2D eigenvalue weighted by molar-refractivity contribution is -0.181. The Kier molecular flexibility index (Phi) is 6.29. The van der Waals surface area contributed by atoms with E-state index in [1.807, 2.05) is 31.2 Å². The third-order valence-corrected chi connectivity index (χ3v) is 8.34. The van der Waals surface area contributed by atoms with E-state index in [0.29, 0.717) is 11.1 Å². The Morgan fingerprint density at radius 2 is 1.69 bits per heavy atom. The predicted molar refractivity (Wildman–Crippen MR) is 139 cm³/mol. The van der Waals surface area contributed by atoms with Gasteiger partial charge in [0, 0.05) is 17.0 Å². The number of nitrogens with zero attached hydrogens (tertiary/aromatic N) is 1. The van der Waals surface area contributed by atoms with Crippen LogP contribution < -0.4 is 5.73 Å². The van der Waals surface area contributed by atoms with Crippen molar-refractivity contribution in [3.8, 4) is 17.6 Å². The van der Waals surface area contributed by atoms with Crippen LogP contribution >= 0.6 is 0 Å². The van der Waals surface area contributed by atoms with Gasteiger partial charge >= 0.3 is 0 Å². The summed E-state index contributed by atoms with van der Waals surface area (Å²) in [6.07, 6.45) is 0.155. The molecule has 4 N–H and O–H groups in total. The summed E-state index contributed by atoms with van der Waals surface area (Å²) in [4.78, 5) is 67.6. The number of hydrogen-bond acceptors (Lipinski definition) is 8. The lowest BCUT2D eigenvalue weighted by Crippen LogP contribution is -2.74. The third kappa shape index (κ3) is 3.90. The Bertz CT molecular complexity index is 1510. The van der Waals surface area contributed by atoms with Crippen molar-refractivity contribution >= 4 is 29.0 Å². The average Bonchev–Trinajstić information content (AvgIpc) is 2.86. The number of ketones is 4. The molecule has 9 nitrogen and oxygen atoms in total. The van der Waals surface area contributed by atoms with E-state index < -0.39 is 64.4 Å². The Morgan fingerprint density at radius 1 is 1.03 bits per heavy atom. The van der Waals surface area contributed by atoms with Crippen molar-refractivity contribution in [2.24, 2.45) is 29.4 Å². The normalized spacial score (nSPS) is 29.7. The molecule has 0 spiro atoms. The first kappa shape index (κ1) is 26.5. The summed E-state index contributed by atoms with van der Waals surface area (Å²) >= 11 is 0. The lowest BCUT2D eigenvalue weighted by atomic mass is 9.52. The SMILES string of the molecule is Cc1ccc(C#Cc2ccc(O)c3c2C[C@@H]2C[C@@H]4[C@@H](N(C)C)C(=O)C(C(N)=O)C(=O)[C@]4(O)C(=O)C2C3=O)cc1. The number of aryl methyl sites for hydroxylation is 1. The molecule has 200 valence electrons. The molecule has 2 aromatic carbocycles. The molecule has 2 saturated carbocycles. The summed E-state index contributed by atoms with van der Waals surface area (Å²) in [7, 11) is 3.09. The number of carbonyl (C=O) groups excluding carboxylic acids is 5. The molecule has 39 heavy (non-hydrogen) atoms. The molecule has 0 saturated heterocycles. The highest BCUT2D eigenvalue weighted by Crippen LogP contribution is 2.50. The van der Waals surface area contributed by atoms with Crippen molar-refractivity contribution < 1.29 is 34.2 Å². The second kappa shape index (κ2) is 9.26. The van der Waals surface area contributed by atoms with Crippen molar-refractivity contribution in [2.75, 3.05) is 14.1 Å². The second-order valence-electron chi connectivity index (χ2n) is 10.9. The van der Waals surface area contributed by atoms with Crippen LogP contribution in [0.25, 0.3) is 0 Å². The standard InChI is InChI=1S/C30H28N2O7/c1-14-4-6-15(7-5-14)8-9-16-10-11-20(33)22-18(16)12-17-13-19-24(32(2)3)26(35)23(29(31)38)28(37)30(19,39)27(36)21(17)25(22)34/h4-7,10-11,17,19,21,23-24,33,39H,12-13H2,1-3H3,(H2,31,38)/t17-,19-,21?,23?,24-,30-/m1/s1. The molecule has 2 unspecified atom stereocenters. The van der Waals surface area contributed by atoms with Gasteiger partial charge in [-0.2, -0.15) is 0 Å². The molecule has 9 heteroatoms. The van der Waals surface area contributed by atoms with Crippen LogP contribution in [0.5, 0.6) is 5.75 Å². The smallest absolute Gasteiger partial charge is 0.235 e. The third-order valence-electron chi connectivity index (χ3n) is 8.34. The van der Waals surface area contributed by atoms with Crippen LogP contribution in [-0.2, 0) is 25.6 Å². The number of benzene rings is 2. The number of carbonyl (C=O) groups is 5. The number of nitrogens with two attached hydrogens (primary N) is 1. The number of primary amides is 1. The zero-order valence-electron chi connectivity index (χ0n) is 21.7. The van der Waals surface area contributed by atoms with E-state index in [-0.39, 0.29) is 24.2 Å². The molecule has 5 rings (SSSR count). The molecular weight excluding hydrogens is 500 g/mol. The molecule has 1 amide bonds. The zero-order chi connectivity index (χ0) is 28.4. The monoisotopic (exact) mass is 528 g/mol. The van der Waals surface area contributed by atoms with Crippen LogP contribution in [0.4, 0.5) is 0 Å². The molecule has 0 radical (unpaired) electrons. The number of amides is 1. The average molecular weight is 529 g/mol.